The Kier molecular flexibility index (Phi) is 3.95. The Hall–Kier alpha value is -0.960. The molecule has 0 radical (unpaired) electrons. The number of nitrogens with two attached hydrogens (primary N) is 1. The van der Waals surface area contributed by atoms with Crippen molar-refractivity contribution < 1.29 is 22.7 Å². The monoisotopic (exact) mass is 349 g/mol. The van der Waals surface area contributed by atoms with Crippen LogP contribution in [0.5, 0.6) is 0 Å². The normalized spacial score (nSPS) is 15.9. The van der Waals surface area contributed by atoms with Crippen molar-refractivity contribution in [3.8, 4) is 0 Å². The van der Waals surface area contributed by atoms with Gasteiger partial charge in [-0.3, -0.25) is 0 Å². The van der Waals surface area contributed by atoms with Crippen molar-refractivity contribution in [2.75, 3.05) is 13.2 Å². The van der Waals surface area contributed by atoms with Crippen LogP contribution in [0.1, 0.15) is 15.9 Å². The number of hydrogen-bond acceptors (Lipinski definition) is 5. The number of rotatable bonds is 3. The van der Waals surface area contributed by atoms with E-state index in [0.717, 1.165) is 0 Å². The Labute approximate surface area is 119 Å². The minimum absolute atomic E-state index is 0.135. The summed E-state index contributed by atoms with van der Waals surface area (Å²) in [4.78, 5) is 11.7. The van der Waals surface area contributed by atoms with E-state index in [1.54, 1.807) is 13.0 Å². The van der Waals surface area contributed by atoms with E-state index in [9.17, 15) is 13.2 Å². The van der Waals surface area contributed by atoms with Gasteiger partial charge in [0.25, 0.3) is 0 Å². The molecule has 0 bridgehead atoms. The number of carbonyl (C=O) groups is 1. The molecule has 0 amide bonds. The molecule has 1 aliphatic heterocycles. The van der Waals surface area contributed by atoms with Crippen molar-refractivity contribution >= 4 is 31.9 Å². The van der Waals surface area contributed by atoms with Crippen molar-refractivity contribution in [2.24, 2.45) is 5.14 Å². The number of hydrogen-bond donors (Lipinski definition) is 1. The van der Waals surface area contributed by atoms with Crippen LogP contribution in [-0.2, 0) is 19.5 Å². The second-order valence-corrected chi connectivity index (χ2v) is 6.54. The molecule has 2 N–H and O–H groups in total. The number of benzene rings is 1. The van der Waals surface area contributed by atoms with Crippen LogP contribution in [0.3, 0.4) is 0 Å². The SMILES string of the molecule is Cc1cc(C(=O)OC2COC2)cc(S(N)(=O)=O)c1Br. The zero-order chi connectivity index (χ0) is 14.2. The fraction of sp³-hybridized carbons (Fsp3) is 0.364. The lowest BCUT2D eigenvalue weighted by molar-refractivity contribution is -0.103. The number of carbonyl (C=O) groups excluding carboxylic acids is 1. The fourth-order valence-electron chi connectivity index (χ4n) is 1.56. The molecule has 0 aromatic heterocycles. The first kappa shape index (κ1) is 14.4. The molecule has 1 aliphatic rings. The highest BCUT2D eigenvalue weighted by Crippen LogP contribution is 2.27. The van der Waals surface area contributed by atoms with Gasteiger partial charge >= 0.3 is 5.97 Å². The molecule has 0 unspecified atom stereocenters. The van der Waals surface area contributed by atoms with Gasteiger partial charge in [-0.1, -0.05) is 0 Å². The number of primary sulfonamides is 1. The number of halogens is 1. The highest BCUT2D eigenvalue weighted by Gasteiger charge is 2.25. The van der Waals surface area contributed by atoms with E-state index < -0.39 is 16.0 Å². The van der Waals surface area contributed by atoms with Crippen molar-refractivity contribution in [3.63, 3.8) is 0 Å². The number of esters is 1. The minimum Gasteiger partial charge on any atom is -0.454 e. The third kappa shape index (κ3) is 3.14. The molecular formula is C11H12BrNO5S. The highest BCUT2D eigenvalue weighted by molar-refractivity contribution is 9.10. The average Bonchev–Trinajstić information content (AvgIpc) is 2.25. The Bertz CT molecular complexity index is 624. The molecule has 1 fully saturated rings. The lowest BCUT2D eigenvalue weighted by Gasteiger charge is -2.25. The maximum absolute atomic E-state index is 11.9. The molecule has 104 valence electrons. The van der Waals surface area contributed by atoms with Crippen LogP contribution in [-0.4, -0.2) is 33.7 Å². The molecule has 1 aromatic carbocycles. The van der Waals surface area contributed by atoms with Crippen LogP contribution in [0.2, 0.25) is 0 Å². The summed E-state index contributed by atoms with van der Waals surface area (Å²) in [5.74, 6) is -0.589. The molecule has 2 rings (SSSR count). The molecule has 1 aromatic rings. The van der Waals surface area contributed by atoms with E-state index in [4.69, 9.17) is 14.6 Å². The maximum atomic E-state index is 11.9. The average molecular weight is 350 g/mol. The van der Waals surface area contributed by atoms with E-state index >= 15 is 0 Å². The van der Waals surface area contributed by atoms with Crippen molar-refractivity contribution in [3.05, 3.63) is 27.7 Å². The summed E-state index contributed by atoms with van der Waals surface area (Å²) in [5, 5.41) is 5.10. The van der Waals surface area contributed by atoms with Crippen LogP contribution in [0.4, 0.5) is 0 Å². The van der Waals surface area contributed by atoms with Crippen molar-refractivity contribution in [1.29, 1.82) is 0 Å². The van der Waals surface area contributed by atoms with Gasteiger partial charge in [0.2, 0.25) is 10.0 Å². The number of aryl methyl sites for hydroxylation is 1. The van der Waals surface area contributed by atoms with Gasteiger partial charge < -0.3 is 9.47 Å². The summed E-state index contributed by atoms with van der Waals surface area (Å²) in [6, 6.07) is 2.74. The van der Waals surface area contributed by atoms with Crippen LogP contribution < -0.4 is 5.14 Å². The van der Waals surface area contributed by atoms with E-state index in [2.05, 4.69) is 15.9 Å². The van der Waals surface area contributed by atoms with Gasteiger partial charge in [0.15, 0.2) is 0 Å². The molecule has 0 spiro atoms. The second-order valence-electron chi connectivity index (χ2n) is 4.22. The molecule has 0 atom stereocenters. The van der Waals surface area contributed by atoms with Crippen LogP contribution in [0.25, 0.3) is 0 Å². The molecule has 8 heteroatoms. The van der Waals surface area contributed by atoms with Gasteiger partial charge in [0.05, 0.1) is 23.7 Å². The van der Waals surface area contributed by atoms with E-state index in [-0.39, 0.29) is 16.6 Å². The Balaban J connectivity index is 2.36. The molecule has 19 heavy (non-hydrogen) atoms. The molecule has 0 aliphatic carbocycles. The predicted molar refractivity (Wildman–Crippen MR) is 70.3 cm³/mol. The molecule has 0 saturated carbocycles. The van der Waals surface area contributed by atoms with E-state index in [1.165, 1.54) is 6.07 Å². The lowest BCUT2D eigenvalue weighted by Crippen LogP contribution is -2.37. The second kappa shape index (κ2) is 5.20. The Morgan fingerprint density at radius 3 is 2.58 bits per heavy atom. The zero-order valence-electron chi connectivity index (χ0n) is 10.1. The molecule has 6 nitrogen and oxygen atoms in total. The first-order chi connectivity index (χ1) is 8.79. The topological polar surface area (TPSA) is 95.7 Å². The van der Waals surface area contributed by atoms with Gasteiger partial charge in [-0.15, -0.1) is 0 Å². The highest BCUT2D eigenvalue weighted by atomic mass is 79.9. The number of ether oxygens (including phenoxy) is 2. The summed E-state index contributed by atoms with van der Waals surface area (Å²) < 4.78 is 33.2. The third-order valence-electron chi connectivity index (χ3n) is 2.64. The van der Waals surface area contributed by atoms with E-state index in [0.29, 0.717) is 23.2 Å². The zero-order valence-corrected chi connectivity index (χ0v) is 12.5. The summed E-state index contributed by atoms with van der Waals surface area (Å²) in [5.41, 5.74) is 0.736. The molecule has 1 saturated heterocycles. The standard InChI is InChI=1S/C11H12BrNO5S/c1-6-2-7(11(14)18-8-4-17-5-8)3-9(10(6)12)19(13,15)16/h2-3,8H,4-5H2,1H3,(H2,13,15,16). The maximum Gasteiger partial charge on any atom is 0.338 e. The lowest BCUT2D eigenvalue weighted by atomic mass is 10.1. The summed E-state index contributed by atoms with van der Waals surface area (Å²) in [6.07, 6.45) is -0.269. The molecular weight excluding hydrogens is 338 g/mol. The van der Waals surface area contributed by atoms with Gasteiger partial charge in [-0.05, 0) is 40.5 Å². The Morgan fingerprint density at radius 2 is 2.11 bits per heavy atom. The quantitative estimate of drug-likeness (QED) is 0.820. The van der Waals surface area contributed by atoms with Gasteiger partial charge in [-0.2, -0.15) is 0 Å². The minimum atomic E-state index is -3.91. The summed E-state index contributed by atoms with van der Waals surface area (Å²) in [6.45, 7) is 2.40. The summed E-state index contributed by atoms with van der Waals surface area (Å²) >= 11 is 3.14. The predicted octanol–water partition coefficient (Wildman–Crippen LogP) is 0.961. The van der Waals surface area contributed by atoms with Crippen LogP contribution in [0.15, 0.2) is 21.5 Å². The van der Waals surface area contributed by atoms with Crippen LogP contribution >= 0.6 is 15.9 Å². The van der Waals surface area contributed by atoms with Gasteiger partial charge in [0.1, 0.15) is 6.10 Å². The smallest absolute Gasteiger partial charge is 0.338 e. The van der Waals surface area contributed by atoms with Crippen LogP contribution in [0, 0.1) is 6.92 Å². The van der Waals surface area contributed by atoms with Gasteiger partial charge in [0, 0.05) is 4.47 Å². The third-order valence-corrected chi connectivity index (χ3v) is 4.89. The largest absolute Gasteiger partial charge is 0.454 e. The Morgan fingerprint density at radius 1 is 1.47 bits per heavy atom. The van der Waals surface area contributed by atoms with E-state index in [1.807, 2.05) is 0 Å². The first-order valence-electron chi connectivity index (χ1n) is 5.40. The fourth-order valence-corrected chi connectivity index (χ4v) is 3.17. The first-order valence-corrected chi connectivity index (χ1v) is 7.74. The van der Waals surface area contributed by atoms with Gasteiger partial charge in [-0.25, -0.2) is 18.4 Å². The molecule has 1 heterocycles. The van der Waals surface area contributed by atoms with Crippen molar-refractivity contribution in [2.45, 2.75) is 17.9 Å². The van der Waals surface area contributed by atoms with Crippen molar-refractivity contribution in [1.82, 2.24) is 0 Å². The number of sulfonamides is 1. The summed E-state index contributed by atoms with van der Waals surface area (Å²) in [7, 11) is -3.91.